The minimum atomic E-state index is -0.221. The second-order valence-corrected chi connectivity index (χ2v) is 7.59. The van der Waals surface area contributed by atoms with Crippen molar-refractivity contribution in [2.75, 3.05) is 0 Å². The van der Waals surface area contributed by atoms with Gasteiger partial charge in [-0.05, 0) is 37.0 Å². The van der Waals surface area contributed by atoms with Crippen LogP contribution in [-0.4, -0.2) is 39.9 Å². The van der Waals surface area contributed by atoms with Gasteiger partial charge in [0.1, 0.15) is 17.8 Å². The van der Waals surface area contributed by atoms with Gasteiger partial charge < -0.3 is 15.2 Å². The minimum Gasteiger partial charge on any atom is -0.353 e. The molecule has 1 amide bonds. The van der Waals surface area contributed by atoms with Crippen LogP contribution in [0.2, 0.25) is 0 Å². The molecule has 8 heteroatoms. The summed E-state index contributed by atoms with van der Waals surface area (Å²) >= 11 is 0. The molecule has 1 saturated heterocycles. The van der Waals surface area contributed by atoms with Crippen LogP contribution in [0.15, 0.2) is 41.8 Å². The summed E-state index contributed by atoms with van der Waals surface area (Å²) < 4.78 is 13.2. The highest BCUT2D eigenvalue weighted by atomic mass is 19.1. The molecule has 5 rings (SSSR count). The fourth-order valence-electron chi connectivity index (χ4n) is 3.98. The average Bonchev–Trinajstić information content (AvgIpc) is 3.21. The number of hydrazine groups is 1. The third-order valence-electron chi connectivity index (χ3n) is 5.61. The van der Waals surface area contributed by atoms with Gasteiger partial charge in [-0.1, -0.05) is 12.1 Å². The molecular formula is C19H23FN6O. The molecule has 2 fully saturated rings. The molecule has 7 nitrogen and oxygen atoms in total. The van der Waals surface area contributed by atoms with Crippen molar-refractivity contribution in [2.24, 2.45) is 5.10 Å². The quantitative estimate of drug-likeness (QED) is 0.733. The Morgan fingerprint density at radius 3 is 2.85 bits per heavy atom. The summed E-state index contributed by atoms with van der Waals surface area (Å²) in [5.41, 5.74) is 7.78. The number of hydrogen-bond acceptors (Lipinski definition) is 6. The number of nitrogens with zero attached hydrogens (tertiary/aromatic N) is 3. The zero-order valence-corrected chi connectivity index (χ0v) is 14.9. The number of fused-ring (bicyclic) bond motifs is 3. The van der Waals surface area contributed by atoms with Crippen molar-refractivity contribution in [3.05, 3.63) is 48.0 Å². The van der Waals surface area contributed by atoms with Gasteiger partial charge in [0, 0.05) is 31.3 Å². The second-order valence-electron chi connectivity index (χ2n) is 7.59. The Bertz CT molecular complexity index is 790. The number of amidine groups is 1. The lowest BCUT2D eigenvalue weighted by Gasteiger charge is -2.37. The highest BCUT2D eigenvalue weighted by Gasteiger charge is 2.44. The summed E-state index contributed by atoms with van der Waals surface area (Å²) in [4.78, 5) is 14.1. The third kappa shape index (κ3) is 3.25. The lowest BCUT2D eigenvalue weighted by molar-refractivity contribution is -0.121. The van der Waals surface area contributed by atoms with Crippen molar-refractivity contribution >= 4 is 11.7 Å². The Balaban J connectivity index is 1.21. The van der Waals surface area contributed by atoms with Crippen LogP contribution in [0.1, 0.15) is 43.7 Å². The van der Waals surface area contributed by atoms with Crippen molar-refractivity contribution in [3.63, 3.8) is 0 Å². The van der Waals surface area contributed by atoms with E-state index < -0.39 is 0 Å². The van der Waals surface area contributed by atoms with E-state index in [1.54, 1.807) is 0 Å². The van der Waals surface area contributed by atoms with Crippen LogP contribution in [0.4, 0.5) is 4.39 Å². The third-order valence-corrected chi connectivity index (χ3v) is 5.61. The number of carbonyl (C=O) groups is 1. The second kappa shape index (κ2) is 6.53. The zero-order valence-electron chi connectivity index (χ0n) is 14.9. The van der Waals surface area contributed by atoms with Gasteiger partial charge in [0.15, 0.2) is 0 Å². The molecule has 3 N–H and O–H groups in total. The topological polar surface area (TPSA) is 72.0 Å². The molecule has 27 heavy (non-hydrogen) atoms. The largest absolute Gasteiger partial charge is 0.353 e. The van der Waals surface area contributed by atoms with Gasteiger partial charge in [0.25, 0.3) is 0 Å². The summed E-state index contributed by atoms with van der Waals surface area (Å²) in [6.45, 7) is 0. The standard InChI is InChI=1S/C19H23FN6O/c20-13-3-1-12(2-4-13)15-11-16-19-23-22-17(25(19)9-10-26(16)24-15)7-8-18(27)21-14-5-6-14/h1-4,9-10,14-16,19,23-24H,5-8,11H2,(H,21,27). The number of amides is 1. The molecule has 3 unspecified atom stereocenters. The lowest BCUT2D eigenvalue weighted by atomic mass is 9.99. The van der Waals surface area contributed by atoms with Crippen LogP contribution in [0, 0.1) is 5.82 Å². The van der Waals surface area contributed by atoms with E-state index in [0.29, 0.717) is 18.9 Å². The van der Waals surface area contributed by atoms with Gasteiger partial charge in [0.05, 0.1) is 12.1 Å². The maximum absolute atomic E-state index is 13.2. The molecule has 0 radical (unpaired) electrons. The smallest absolute Gasteiger partial charge is 0.220 e. The SMILES string of the molecule is O=C(CCC1=NNC2C3CC(c4ccc(F)cc4)NN3C=CN12)NC1CC1. The Morgan fingerprint density at radius 1 is 1.26 bits per heavy atom. The Morgan fingerprint density at radius 2 is 2.07 bits per heavy atom. The first-order valence-corrected chi connectivity index (χ1v) is 9.55. The van der Waals surface area contributed by atoms with Gasteiger partial charge in [-0.3, -0.25) is 10.2 Å². The number of hydrogen-bond donors (Lipinski definition) is 3. The van der Waals surface area contributed by atoms with Crippen molar-refractivity contribution < 1.29 is 9.18 Å². The summed E-state index contributed by atoms with van der Waals surface area (Å²) in [5.74, 6) is 0.777. The molecule has 3 heterocycles. The van der Waals surface area contributed by atoms with Gasteiger partial charge in [0.2, 0.25) is 5.91 Å². The van der Waals surface area contributed by atoms with E-state index in [2.05, 4.69) is 31.2 Å². The van der Waals surface area contributed by atoms with E-state index >= 15 is 0 Å². The molecular weight excluding hydrogens is 347 g/mol. The molecule has 3 atom stereocenters. The fraction of sp³-hybridized carbons (Fsp3) is 0.474. The molecule has 0 aromatic heterocycles. The van der Waals surface area contributed by atoms with Gasteiger partial charge >= 0.3 is 0 Å². The first-order chi connectivity index (χ1) is 13.2. The Hall–Kier alpha value is -2.61. The predicted molar refractivity (Wildman–Crippen MR) is 98.3 cm³/mol. The van der Waals surface area contributed by atoms with Crippen LogP contribution >= 0.6 is 0 Å². The average molecular weight is 370 g/mol. The monoisotopic (exact) mass is 370 g/mol. The highest BCUT2D eigenvalue weighted by Crippen LogP contribution is 2.34. The van der Waals surface area contributed by atoms with E-state index in [4.69, 9.17) is 0 Å². The molecule has 3 aliphatic heterocycles. The fourth-order valence-corrected chi connectivity index (χ4v) is 3.98. The number of rotatable bonds is 5. The molecule has 1 aromatic rings. The summed E-state index contributed by atoms with van der Waals surface area (Å²) in [6.07, 6.45) is 8.21. The van der Waals surface area contributed by atoms with E-state index in [9.17, 15) is 9.18 Å². The van der Waals surface area contributed by atoms with Crippen molar-refractivity contribution in [1.82, 2.24) is 26.1 Å². The normalized spacial score (nSPS) is 28.5. The Labute approximate surface area is 157 Å². The molecule has 1 aromatic carbocycles. The van der Waals surface area contributed by atoms with E-state index in [1.165, 1.54) is 12.1 Å². The molecule has 4 aliphatic rings. The van der Waals surface area contributed by atoms with Crippen molar-refractivity contribution in [1.29, 1.82) is 0 Å². The maximum Gasteiger partial charge on any atom is 0.220 e. The van der Waals surface area contributed by atoms with Crippen molar-refractivity contribution in [3.8, 4) is 0 Å². The van der Waals surface area contributed by atoms with E-state index in [-0.39, 0.29) is 30.0 Å². The van der Waals surface area contributed by atoms with Gasteiger partial charge in [-0.15, -0.1) is 0 Å². The summed E-state index contributed by atoms with van der Waals surface area (Å²) in [6, 6.07) is 7.38. The molecule has 1 saturated carbocycles. The lowest BCUT2D eigenvalue weighted by Crippen LogP contribution is -2.54. The number of benzene rings is 1. The number of hydrazone groups is 1. The maximum atomic E-state index is 13.2. The van der Waals surface area contributed by atoms with E-state index in [0.717, 1.165) is 30.7 Å². The van der Waals surface area contributed by atoms with Crippen LogP contribution in [0.3, 0.4) is 0 Å². The number of halogens is 1. The highest BCUT2D eigenvalue weighted by molar-refractivity contribution is 5.89. The van der Waals surface area contributed by atoms with Gasteiger partial charge in [-0.2, -0.15) is 5.10 Å². The van der Waals surface area contributed by atoms with E-state index in [1.807, 2.05) is 24.5 Å². The summed E-state index contributed by atoms with van der Waals surface area (Å²) in [7, 11) is 0. The van der Waals surface area contributed by atoms with Crippen LogP contribution < -0.4 is 16.2 Å². The number of nitrogens with one attached hydrogen (secondary N) is 3. The molecule has 142 valence electrons. The van der Waals surface area contributed by atoms with Crippen LogP contribution in [0.25, 0.3) is 0 Å². The van der Waals surface area contributed by atoms with Crippen LogP contribution in [0.5, 0.6) is 0 Å². The first-order valence-electron chi connectivity index (χ1n) is 9.55. The first kappa shape index (κ1) is 16.6. The molecule has 0 bridgehead atoms. The Kier molecular flexibility index (Phi) is 4.00. The van der Waals surface area contributed by atoms with Crippen LogP contribution in [-0.2, 0) is 4.79 Å². The summed E-state index contributed by atoms with van der Waals surface area (Å²) in [5, 5.41) is 9.59. The predicted octanol–water partition coefficient (Wildman–Crippen LogP) is 1.53. The zero-order chi connectivity index (χ0) is 18.4. The van der Waals surface area contributed by atoms with Gasteiger partial charge in [-0.25, -0.2) is 9.82 Å². The number of carbonyl (C=O) groups excluding carboxylic acids is 1. The minimum absolute atomic E-state index is 0.0365. The molecule has 1 aliphatic carbocycles. The van der Waals surface area contributed by atoms with Crippen molar-refractivity contribution in [2.45, 2.75) is 56.4 Å². The molecule has 0 spiro atoms.